The molecule has 0 saturated carbocycles. The minimum absolute atomic E-state index is 0. The molecule has 39 nitrogen and oxygen atoms in total. The maximum atomic E-state index is 12.9. The van der Waals surface area contributed by atoms with Gasteiger partial charge in [-0.2, -0.15) is 56.4 Å². The van der Waals surface area contributed by atoms with Gasteiger partial charge in [-0.1, -0.05) is 168 Å². The average Bonchev–Trinajstić information content (AvgIpc) is 1.72. The van der Waals surface area contributed by atoms with Crippen LogP contribution in [0.15, 0.2) is 393 Å². The Labute approximate surface area is 894 Å². The molecule has 0 spiro atoms. The minimum atomic E-state index is -1.13. The number of rotatable bonds is 21. The van der Waals surface area contributed by atoms with Crippen LogP contribution in [0.3, 0.4) is 0 Å². The fraction of sp³-hybridized carbons (Fsp3) is 0.0874. The summed E-state index contributed by atoms with van der Waals surface area (Å²) in [5.74, 6) is 2.33. The molecule has 5 N–H and O–H groups in total. The maximum Gasteiger partial charge on any atom is 3.00 e. The Hall–Kier alpha value is -17.7. The third-order valence-corrected chi connectivity index (χ3v) is 21.8. The van der Waals surface area contributed by atoms with E-state index in [4.69, 9.17) is 46.0 Å². The summed E-state index contributed by atoms with van der Waals surface area (Å²) in [7, 11) is 20.9. The SMILES string of the molecule is CN(C)c1ccc(N=Nc2nc(-c3ccccc3[O-])[nH]c2-c2ccccc2)s1.Cc1[nH]n2nc(-c3nccs3)nc2c1N=Nc1ccc(N(C)C)cc1.Cc1ccc(N=Nc2c(-c3ccccn3)[nH]oc2=O)cc1.Cn1ccnc1N=Nc1nc(-c2ccccn2)[nH]c1-c1ccccc1.O=C([O-])c1ccccc1.O=C[O-].[C-]#[N+]c1c(C)c(N=Nc2ccc(OC)cc2)c(=O)n(-c2ccccn2)c1O.[Cl][Co][Cl].[Ni+2].[Ni+3].[c-]1ccccc1. The van der Waals surface area contributed by atoms with Crippen LogP contribution < -0.4 is 41.0 Å². The van der Waals surface area contributed by atoms with Crippen LogP contribution in [0.2, 0.25) is 0 Å². The van der Waals surface area contributed by atoms with Crippen LogP contribution in [0.25, 0.3) is 84.0 Å². The molecule has 12 heterocycles. The molecule has 46 heteroatoms. The number of aromatic amines is 4. The van der Waals surface area contributed by atoms with Crippen LogP contribution in [-0.4, -0.2) is 132 Å². The Morgan fingerprint density at radius 2 is 1.13 bits per heavy atom. The monoisotopic (exact) mass is 2200 g/mol. The number of aromatic hydroxyl groups is 1. The zero-order chi connectivity index (χ0) is 104. The summed E-state index contributed by atoms with van der Waals surface area (Å²) in [5.41, 5.74) is 11.3. The van der Waals surface area contributed by atoms with Crippen LogP contribution >= 0.6 is 43.0 Å². The van der Waals surface area contributed by atoms with E-state index in [9.17, 15) is 29.7 Å². The Morgan fingerprint density at radius 3 is 1.64 bits per heavy atom. The van der Waals surface area contributed by atoms with Crippen LogP contribution in [0.4, 0.5) is 73.1 Å². The number of aromatic nitrogens is 16. The van der Waals surface area contributed by atoms with Crippen LogP contribution in [0.1, 0.15) is 27.2 Å². The van der Waals surface area contributed by atoms with Crippen molar-refractivity contribution in [3.8, 4) is 90.8 Å². The quantitative estimate of drug-likeness (QED) is 0.0193. The van der Waals surface area contributed by atoms with E-state index in [1.54, 1.807) is 144 Å². The molecular formula is C103H87Cl2CoN29Ni2O10S2+. The summed E-state index contributed by atoms with van der Waals surface area (Å²) in [5, 5.41) is 97.6. The zero-order valence-electron chi connectivity index (χ0n) is 80.1. The molecule has 20 rings (SSSR count). The number of benzene rings is 8. The van der Waals surface area contributed by atoms with Crippen LogP contribution in [-0.2, 0) is 57.7 Å². The number of aryl methyl sites for hydroxylation is 3. The zero-order valence-corrected chi connectivity index (χ0v) is 86.3. The fourth-order valence-electron chi connectivity index (χ4n) is 12.7. The number of azo groups is 5. The summed E-state index contributed by atoms with van der Waals surface area (Å²) in [6.07, 6.45) is 10.1. The maximum absolute atomic E-state index is 12.9. The first-order valence-corrected chi connectivity index (χ1v) is 48.2. The van der Waals surface area contributed by atoms with Crippen molar-refractivity contribution >= 4 is 134 Å². The predicted molar refractivity (Wildman–Crippen MR) is 556 cm³/mol. The molecule has 758 valence electrons. The number of aromatic carboxylic acids is 1. The number of carbonyl (C=O) groups excluding carboxylic acids is 2. The number of ether oxygens (including phenoxy) is 1. The summed E-state index contributed by atoms with van der Waals surface area (Å²) in [4.78, 5) is 91.5. The largest absolute Gasteiger partial charge is 3.00 e. The molecule has 0 saturated heterocycles. The molecule has 0 aliphatic heterocycles. The van der Waals surface area contributed by atoms with Gasteiger partial charge in [0.25, 0.3) is 11.2 Å². The Kier molecular flexibility index (Phi) is 44.3. The number of thiophene rings is 1. The number of nitrogens with one attached hydrogen (secondary N) is 4. The predicted octanol–water partition coefficient (Wildman–Crippen LogP) is 22.9. The fourth-order valence-corrected chi connectivity index (χ4v) is 14.0. The molecule has 8 aromatic carbocycles. The minimum Gasteiger partial charge on any atom is -0.184 e. The Balaban J connectivity index is 0.000000181. The molecule has 20 aromatic rings. The molecule has 12 aromatic heterocycles. The summed E-state index contributed by atoms with van der Waals surface area (Å²) in [6.45, 7) is 12.3. The van der Waals surface area contributed by atoms with Crippen molar-refractivity contribution in [1.82, 2.24) is 79.0 Å². The molecule has 0 amide bonds. The number of carboxylic acid groups (broad SMARTS) is 2. The summed E-state index contributed by atoms with van der Waals surface area (Å²) >= 11 is 3.42. The smallest absolute Gasteiger partial charge is 0.184 e. The number of methoxy groups -OCH3 is 1. The van der Waals surface area contributed by atoms with Crippen molar-refractivity contribution in [3.05, 3.63) is 388 Å². The number of thiazole rings is 1. The molecule has 0 aliphatic carbocycles. The van der Waals surface area contributed by atoms with Gasteiger partial charge in [-0.3, -0.25) is 19.9 Å². The van der Waals surface area contributed by atoms with Gasteiger partial charge in [-0.05, 0) is 141 Å². The topological polar surface area (TPSA) is 508 Å². The van der Waals surface area contributed by atoms with Crippen LogP contribution in [0.5, 0.6) is 17.4 Å². The standard InChI is InChI=1S/C21H19N5OS.C19H15N5O3.C18H15N7.C16H16N8S.C15H12N4O2.C7H6O2.C6H5.CH2O2.2ClH.Co.2Ni/c1-26(2)18-13-12-17(28-18)24-25-21-19(14-8-4-3-5-9-14)22-20(23-21)15-10-6-7-11-16(15)27;1-12-16(20-2)18(25)24(15-6-4-5-11-21-15)19(26)17(12)23-22-13-7-9-14(27-3)10-8-13;1-25-12-11-20-18(25)24-23-17-15(13-7-3-2-4-8-13)21-16(22-17)14-9-5-6-10-19-14;1-10-13(20-19-11-4-6-12(7-5-11)23(2)3)15-18-14(22-24(15)21-10)16-17-8-9-25-16;1-10-5-7-11(8-6-10)17-18-14-13(19-21-15(14)20)12-4-2-3-9-16-12;8-7(9)6-4-2-1-3-5-6;1-2-4-6-5-3-1;2-1-3;;;;;/h3-13,27H,1-2H3,(H,22,23);4-11,25H,1,3H3;2-12H,1H3,(H,21,22);4-9,21H,1-3H3;2-9,19H,1H3;1-5H,(H,8,9);1-5H;1H,(H,2,3);2*1H;;;/q;;;;;;-1;;;;2*+2;+3/p-5. The van der Waals surface area contributed by atoms with E-state index in [0.717, 1.165) is 70.4 Å². The first-order chi connectivity index (χ1) is 71.5. The number of hydrogen-bond donors (Lipinski definition) is 5. The molecule has 0 aliphatic rings. The molecule has 0 fully saturated rings. The normalized spacial score (nSPS) is 10.5. The van der Waals surface area contributed by atoms with E-state index in [-0.39, 0.29) is 72.7 Å². The van der Waals surface area contributed by atoms with E-state index in [2.05, 4.69) is 127 Å². The van der Waals surface area contributed by atoms with E-state index >= 15 is 0 Å². The van der Waals surface area contributed by atoms with E-state index in [1.807, 2.05) is 252 Å². The first-order valence-electron chi connectivity index (χ1n) is 43.6. The van der Waals surface area contributed by atoms with Crippen molar-refractivity contribution in [2.45, 2.75) is 20.8 Å². The third kappa shape index (κ3) is 32.4. The van der Waals surface area contributed by atoms with Gasteiger partial charge in [0.1, 0.15) is 39.5 Å². The summed E-state index contributed by atoms with van der Waals surface area (Å²) < 4.78 is 14.2. The van der Waals surface area contributed by atoms with Gasteiger partial charge in [0.15, 0.2) is 16.5 Å². The number of pyridine rings is 4. The van der Waals surface area contributed by atoms with Gasteiger partial charge in [-0.15, -0.1) is 52.2 Å². The number of H-pyrrole nitrogens is 4. The number of imidazole rings is 3. The second kappa shape index (κ2) is 58.3. The number of anilines is 2. The van der Waals surface area contributed by atoms with E-state index in [1.165, 1.54) is 35.7 Å². The third-order valence-electron chi connectivity index (χ3n) is 19.9. The van der Waals surface area contributed by atoms with Crippen LogP contribution in [0, 0.1) is 33.4 Å². The molecule has 149 heavy (non-hydrogen) atoms. The van der Waals surface area contributed by atoms with Crippen molar-refractivity contribution in [2.24, 2.45) is 58.2 Å². The van der Waals surface area contributed by atoms with Crippen molar-refractivity contribution in [1.29, 1.82) is 0 Å². The van der Waals surface area contributed by atoms with Crippen molar-refractivity contribution in [2.75, 3.05) is 45.1 Å². The van der Waals surface area contributed by atoms with Gasteiger partial charge in [0.05, 0.1) is 64.5 Å². The molecule has 0 bridgehead atoms. The second-order valence-corrected chi connectivity index (χ2v) is 33.9. The number of carboxylic acids is 1. The Bertz CT molecular complexity index is 7900. The molecule has 0 unspecified atom stereocenters. The number of fused-ring (bicyclic) bond motifs is 1. The van der Waals surface area contributed by atoms with Gasteiger partial charge >= 0.3 is 71.8 Å². The molecule has 1 radical (unpaired) electrons. The number of halogens is 2. The van der Waals surface area contributed by atoms with E-state index in [0.29, 0.717) is 93.4 Å². The molecular weight excluding hydrogens is 2110 g/mol. The first kappa shape index (κ1) is 113. The Morgan fingerprint density at radius 1 is 0.591 bits per heavy atom. The van der Waals surface area contributed by atoms with Crippen molar-refractivity contribution < 1.29 is 85.2 Å². The number of para-hydroxylation sites is 1. The molecule has 0 atom stereocenters. The van der Waals surface area contributed by atoms with Gasteiger partial charge in [-0.25, -0.2) is 49.3 Å². The number of hydrogen-bond acceptors (Lipinski definition) is 33. The van der Waals surface area contributed by atoms with Gasteiger partial charge in [0.2, 0.25) is 40.6 Å². The van der Waals surface area contributed by atoms with Crippen molar-refractivity contribution in [3.63, 3.8) is 0 Å². The van der Waals surface area contributed by atoms with Gasteiger partial charge in [0, 0.05) is 107 Å². The average molecular weight is 2200 g/mol. The number of nitrogens with zero attached hydrogens (tertiary/aromatic N) is 25. The number of carbonyl (C=O) groups is 2. The van der Waals surface area contributed by atoms with Gasteiger partial charge < -0.3 is 63.6 Å². The second-order valence-electron chi connectivity index (χ2n) is 30.3. The van der Waals surface area contributed by atoms with E-state index < -0.39 is 29.5 Å². The summed E-state index contributed by atoms with van der Waals surface area (Å²) in [6, 6.07) is 89.1.